The smallest absolute Gasteiger partial charge is 0.191 e. The van der Waals surface area contributed by atoms with Crippen molar-refractivity contribution >= 4 is 29.9 Å². The molecule has 1 fully saturated rings. The van der Waals surface area contributed by atoms with Crippen LogP contribution in [0.3, 0.4) is 0 Å². The van der Waals surface area contributed by atoms with Gasteiger partial charge in [0.25, 0.3) is 0 Å². The minimum absolute atomic E-state index is 0. The van der Waals surface area contributed by atoms with E-state index in [4.69, 9.17) is 9.47 Å². The summed E-state index contributed by atoms with van der Waals surface area (Å²) in [4.78, 5) is 9.37. The molecule has 8 heteroatoms. The third-order valence-electron chi connectivity index (χ3n) is 3.81. The molecule has 1 aliphatic rings. The molecule has 0 aromatic carbocycles. The highest BCUT2D eigenvalue weighted by molar-refractivity contribution is 14.0. The maximum atomic E-state index is 5.36. The largest absolute Gasteiger partial charge is 0.385 e. The summed E-state index contributed by atoms with van der Waals surface area (Å²) in [6.45, 7) is 12.3. The molecule has 0 unspecified atom stereocenters. The number of hydrogen-bond acceptors (Lipinski definition) is 5. The van der Waals surface area contributed by atoms with Gasteiger partial charge in [-0.3, -0.25) is 9.89 Å². The molecule has 0 amide bonds. The molecule has 0 aromatic heterocycles. The van der Waals surface area contributed by atoms with Gasteiger partial charge in [-0.25, -0.2) is 0 Å². The summed E-state index contributed by atoms with van der Waals surface area (Å²) in [6.07, 6.45) is 1.07. The zero-order valence-electron chi connectivity index (χ0n) is 15.6. The zero-order chi connectivity index (χ0) is 16.8. The standard InChI is InChI=1S/C16H35N5O2.HI/c1-4-17-16(18-6-9-20(2)8-5-13-22-3)19-7-10-21-11-14-23-15-12-21;/h4-15H2,1-3H3,(H2,17,18,19);1H. The first kappa shape index (κ1) is 23.8. The minimum Gasteiger partial charge on any atom is -0.385 e. The lowest BCUT2D eigenvalue weighted by atomic mass is 10.4. The first-order valence-electron chi connectivity index (χ1n) is 8.76. The Morgan fingerprint density at radius 1 is 1.25 bits per heavy atom. The molecule has 0 spiro atoms. The van der Waals surface area contributed by atoms with Crippen LogP contribution in [0.5, 0.6) is 0 Å². The Morgan fingerprint density at radius 2 is 2.00 bits per heavy atom. The van der Waals surface area contributed by atoms with Crippen molar-refractivity contribution in [2.75, 3.05) is 86.3 Å². The van der Waals surface area contributed by atoms with E-state index in [0.717, 1.165) is 84.6 Å². The van der Waals surface area contributed by atoms with Gasteiger partial charge >= 0.3 is 0 Å². The molecule has 1 aliphatic heterocycles. The third kappa shape index (κ3) is 12.2. The lowest BCUT2D eigenvalue weighted by Crippen LogP contribution is -2.42. The number of morpholine rings is 1. The number of nitrogens with zero attached hydrogens (tertiary/aromatic N) is 3. The molecule has 0 atom stereocenters. The highest BCUT2D eigenvalue weighted by Gasteiger charge is 2.09. The van der Waals surface area contributed by atoms with Crippen LogP contribution in [0.2, 0.25) is 0 Å². The van der Waals surface area contributed by atoms with Gasteiger partial charge in [0.15, 0.2) is 5.96 Å². The van der Waals surface area contributed by atoms with Gasteiger partial charge < -0.3 is 25.0 Å². The average Bonchev–Trinajstić information content (AvgIpc) is 2.56. The quantitative estimate of drug-likeness (QED) is 0.204. The molecule has 1 rings (SSSR count). The second kappa shape index (κ2) is 16.3. The zero-order valence-corrected chi connectivity index (χ0v) is 17.9. The van der Waals surface area contributed by atoms with Crippen molar-refractivity contribution in [1.82, 2.24) is 20.4 Å². The Kier molecular flexibility index (Phi) is 16.2. The van der Waals surface area contributed by atoms with Crippen LogP contribution < -0.4 is 10.6 Å². The number of guanidine groups is 1. The monoisotopic (exact) mass is 457 g/mol. The minimum atomic E-state index is 0. The maximum Gasteiger partial charge on any atom is 0.191 e. The van der Waals surface area contributed by atoms with Crippen molar-refractivity contribution in [3.8, 4) is 0 Å². The highest BCUT2D eigenvalue weighted by atomic mass is 127. The van der Waals surface area contributed by atoms with E-state index in [1.807, 2.05) is 0 Å². The third-order valence-corrected chi connectivity index (χ3v) is 3.81. The van der Waals surface area contributed by atoms with E-state index in [0.29, 0.717) is 0 Å². The van der Waals surface area contributed by atoms with Crippen LogP contribution in [0.15, 0.2) is 4.99 Å². The Hall–Kier alpha value is -0.160. The van der Waals surface area contributed by atoms with Crippen molar-refractivity contribution in [1.29, 1.82) is 0 Å². The number of ether oxygens (including phenoxy) is 2. The number of likely N-dealkylation sites (N-methyl/N-ethyl adjacent to an activating group) is 1. The second-order valence-corrected chi connectivity index (χ2v) is 5.79. The number of aliphatic imine (C=N–C) groups is 1. The summed E-state index contributed by atoms with van der Waals surface area (Å²) in [5.74, 6) is 0.908. The molecule has 1 saturated heterocycles. The van der Waals surface area contributed by atoms with Crippen molar-refractivity contribution in [2.24, 2.45) is 4.99 Å². The van der Waals surface area contributed by atoms with Crippen LogP contribution in [-0.4, -0.2) is 102 Å². The Labute approximate surface area is 164 Å². The fourth-order valence-electron chi connectivity index (χ4n) is 2.43. The molecule has 2 N–H and O–H groups in total. The van der Waals surface area contributed by atoms with Gasteiger partial charge in [0.2, 0.25) is 0 Å². The van der Waals surface area contributed by atoms with Crippen molar-refractivity contribution in [2.45, 2.75) is 13.3 Å². The van der Waals surface area contributed by atoms with Crippen LogP contribution in [-0.2, 0) is 9.47 Å². The average molecular weight is 457 g/mol. The van der Waals surface area contributed by atoms with E-state index in [1.54, 1.807) is 7.11 Å². The van der Waals surface area contributed by atoms with Crippen molar-refractivity contribution in [3.63, 3.8) is 0 Å². The SMILES string of the molecule is CCNC(=NCCN1CCOCC1)NCCN(C)CCCOC.I. The van der Waals surface area contributed by atoms with Crippen LogP contribution in [0.1, 0.15) is 13.3 Å². The fraction of sp³-hybridized carbons (Fsp3) is 0.938. The maximum absolute atomic E-state index is 5.36. The molecule has 0 aliphatic carbocycles. The van der Waals surface area contributed by atoms with Crippen LogP contribution in [0.25, 0.3) is 0 Å². The molecule has 24 heavy (non-hydrogen) atoms. The molecule has 0 saturated carbocycles. The molecular weight excluding hydrogens is 421 g/mol. The number of halogens is 1. The number of hydrogen-bond donors (Lipinski definition) is 2. The number of rotatable bonds is 11. The van der Waals surface area contributed by atoms with Crippen molar-refractivity contribution < 1.29 is 9.47 Å². The van der Waals surface area contributed by atoms with E-state index in [9.17, 15) is 0 Å². The van der Waals surface area contributed by atoms with Gasteiger partial charge in [-0.1, -0.05) is 0 Å². The first-order chi connectivity index (χ1) is 11.3. The van der Waals surface area contributed by atoms with Crippen LogP contribution in [0.4, 0.5) is 0 Å². The summed E-state index contributed by atoms with van der Waals surface area (Å²) in [6, 6.07) is 0. The molecule has 0 bridgehead atoms. The summed E-state index contributed by atoms with van der Waals surface area (Å²) < 4.78 is 10.4. The van der Waals surface area contributed by atoms with Gasteiger partial charge in [-0.15, -0.1) is 24.0 Å². The predicted molar refractivity (Wildman–Crippen MR) is 111 cm³/mol. The first-order valence-corrected chi connectivity index (χ1v) is 8.76. The Bertz CT molecular complexity index is 315. The lowest BCUT2D eigenvalue weighted by molar-refractivity contribution is 0.0394. The van der Waals surface area contributed by atoms with E-state index in [1.165, 1.54) is 0 Å². The summed E-state index contributed by atoms with van der Waals surface area (Å²) in [7, 11) is 3.89. The van der Waals surface area contributed by atoms with Crippen LogP contribution >= 0.6 is 24.0 Å². The van der Waals surface area contributed by atoms with Crippen molar-refractivity contribution in [3.05, 3.63) is 0 Å². The van der Waals surface area contributed by atoms with Crippen LogP contribution in [0, 0.1) is 0 Å². The van der Waals surface area contributed by atoms with E-state index in [2.05, 4.69) is 39.4 Å². The fourth-order valence-corrected chi connectivity index (χ4v) is 2.43. The highest BCUT2D eigenvalue weighted by Crippen LogP contribution is 1.95. The predicted octanol–water partition coefficient (Wildman–Crippen LogP) is 0.460. The Balaban J connectivity index is 0.00000529. The van der Waals surface area contributed by atoms with Gasteiger partial charge in [0, 0.05) is 59.5 Å². The van der Waals surface area contributed by atoms with Gasteiger partial charge in [-0.2, -0.15) is 0 Å². The Morgan fingerprint density at radius 3 is 2.67 bits per heavy atom. The molecule has 0 radical (unpaired) electrons. The molecule has 0 aromatic rings. The summed E-state index contributed by atoms with van der Waals surface area (Å²) in [5.41, 5.74) is 0. The second-order valence-electron chi connectivity index (χ2n) is 5.79. The summed E-state index contributed by atoms with van der Waals surface area (Å²) in [5, 5.41) is 6.71. The molecule has 1 heterocycles. The topological polar surface area (TPSA) is 61.4 Å². The van der Waals surface area contributed by atoms with Gasteiger partial charge in [0.05, 0.1) is 19.8 Å². The molecular formula is C16H36IN5O2. The van der Waals surface area contributed by atoms with E-state index in [-0.39, 0.29) is 24.0 Å². The number of nitrogens with one attached hydrogen (secondary N) is 2. The molecule has 144 valence electrons. The molecule has 7 nitrogen and oxygen atoms in total. The number of methoxy groups -OCH3 is 1. The normalized spacial score (nSPS) is 16.1. The van der Waals surface area contributed by atoms with E-state index >= 15 is 0 Å². The van der Waals surface area contributed by atoms with Gasteiger partial charge in [-0.05, 0) is 20.4 Å². The lowest BCUT2D eigenvalue weighted by Gasteiger charge is -2.25. The summed E-state index contributed by atoms with van der Waals surface area (Å²) >= 11 is 0. The van der Waals surface area contributed by atoms with Gasteiger partial charge in [0.1, 0.15) is 0 Å². The van der Waals surface area contributed by atoms with E-state index < -0.39 is 0 Å².